The van der Waals surface area contributed by atoms with Gasteiger partial charge in [0.2, 0.25) is 0 Å². The van der Waals surface area contributed by atoms with Gasteiger partial charge in [-0.25, -0.2) is 0 Å². The lowest BCUT2D eigenvalue weighted by Crippen LogP contribution is -2.49. The minimum atomic E-state index is -0.401. The number of likely N-dealkylation sites (tertiary alicyclic amines) is 1. The monoisotopic (exact) mass is 195 g/mol. The van der Waals surface area contributed by atoms with Crippen molar-refractivity contribution in [2.45, 2.75) is 31.8 Å². The van der Waals surface area contributed by atoms with Gasteiger partial charge in [-0.3, -0.25) is 9.69 Å². The maximum absolute atomic E-state index is 11.7. The largest absolute Gasteiger partial charge is 0.357 e. The SMILES string of the molecule is C=C1NC(=O)C2(CCN(C(C)C)C2)N1. The molecule has 4 nitrogen and oxygen atoms in total. The van der Waals surface area contributed by atoms with Crippen molar-refractivity contribution in [3.8, 4) is 0 Å². The van der Waals surface area contributed by atoms with E-state index in [1.165, 1.54) is 0 Å². The normalized spacial score (nSPS) is 32.8. The second kappa shape index (κ2) is 2.98. The summed E-state index contributed by atoms with van der Waals surface area (Å²) in [6.07, 6.45) is 0.871. The summed E-state index contributed by atoms with van der Waals surface area (Å²) < 4.78 is 0. The topological polar surface area (TPSA) is 44.4 Å². The number of carbonyl (C=O) groups is 1. The van der Waals surface area contributed by atoms with E-state index in [9.17, 15) is 4.79 Å². The number of amides is 1. The first-order valence-corrected chi connectivity index (χ1v) is 5.06. The predicted molar refractivity (Wildman–Crippen MR) is 54.5 cm³/mol. The first-order chi connectivity index (χ1) is 6.53. The predicted octanol–water partition coefficient (Wildman–Crippen LogP) is 0.0299. The second-order valence-electron chi connectivity index (χ2n) is 4.45. The summed E-state index contributed by atoms with van der Waals surface area (Å²) in [6.45, 7) is 9.80. The van der Waals surface area contributed by atoms with Gasteiger partial charge in [-0.15, -0.1) is 0 Å². The highest BCUT2D eigenvalue weighted by Crippen LogP contribution is 2.27. The van der Waals surface area contributed by atoms with Gasteiger partial charge < -0.3 is 10.6 Å². The number of hydrogen-bond acceptors (Lipinski definition) is 3. The lowest BCUT2D eigenvalue weighted by molar-refractivity contribution is -0.123. The van der Waals surface area contributed by atoms with E-state index in [4.69, 9.17) is 0 Å². The van der Waals surface area contributed by atoms with Gasteiger partial charge in [0.25, 0.3) is 5.91 Å². The van der Waals surface area contributed by atoms with Crippen LogP contribution in [0.5, 0.6) is 0 Å². The summed E-state index contributed by atoms with van der Waals surface area (Å²) in [4.78, 5) is 14.0. The molecule has 2 N–H and O–H groups in total. The Balaban J connectivity index is 2.13. The molecule has 2 saturated heterocycles. The van der Waals surface area contributed by atoms with Crippen molar-refractivity contribution in [1.29, 1.82) is 0 Å². The molecule has 1 unspecified atom stereocenters. The van der Waals surface area contributed by atoms with Gasteiger partial charge in [-0.1, -0.05) is 6.58 Å². The van der Waals surface area contributed by atoms with Crippen LogP contribution < -0.4 is 10.6 Å². The molecule has 0 saturated carbocycles. The van der Waals surface area contributed by atoms with E-state index in [-0.39, 0.29) is 5.91 Å². The maximum atomic E-state index is 11.7. The highest BCUT2D eigenvalue weighted by Gasteiger charge is 2.48. The van der Waals surface area contributed by atoms with Crippen molar-refractivity contribution in [3.63, 3.8) is 0 Å². The van der Waals surface area contributed by atoms with Crippen molar-refractivity contribution in [1.82, 2.24) is 15.5 Å². The van der Waals surface area contributed by atoms with Crippen LogP contribution in [0.1, 0.15) is 20.3 Å². The molecule has 2 fully saturated rings. The lowest BCUT2D eigenvalue weighted by Gasteiger charge is -2.24. The number of nitrogens with one attached hydrogen (secondary N) is 2. The number of carbonyl (C=O) groups excluding carboxylic acids is 1. The van der Waals surface area contributed by atoms with Gasteiger partial charge in [-0.2, -0.15) is 0 Å². The molecule has 14 heavy (non-hydrogen) atoms. The van der Waals surface area contributed by atoms with Crippen LogP contribution in [-0.2, 0) is 4.79 Å². The molecule has 2 rings (SSSR count). The summed E-state index contributed by atoms with van der Waals surface area (Å²) >= 11 is 0. The van der Waals surface area contributed by atoms with Gasteiger partial charge in [0.1, 0.15) is 5.54 Å². The third-order valence-corrected chi connectivity index (χ3v) is 3.12. The smallest absolute Gasteiger partial charge is 0.252 e. The highest BCUT2D eigenvalue weighted by molar-refractivity contribution is 5.91. The Morgan fingerprint density at radius 1 is 1.57 bits per heavy atom. The van der Waals surface area contributed by atoms with Crippen molar-refractivity contribution < 1.29 is 4.79 Å². The van der Waals surface area contributed by atoms with Crippen molar-refractivity contribution in [2.75, 3.05) is 13.1 Å². The summed E-state index contributed by atoms with van der Waals surface area (Å²) in [5.74, 6) is 0.714. The Bertz CT molecular complexity index is 287. The average Bonchev–Trinajstić information content (AvgIpc) is 2.59. The van der Waals surface area contributed by atoms with Crippen LogP contribution in [-0.4, -0.2) is 35.5 Å². The van der Waals surface area contributed by atoms with Crippen LogP contribution in [0.2, 0.25) is 0 Å². The molecule has 2 aliphatic rings. The van der Waals surface area contributed by atoms with E-state index in [1.807, 2.05) is 0 Å². The van der Waals surface area contributed by atoms with Crippen LogP contribution in [0, 0.1) is 0 Å². The lowest BCUT2D eigenvalue weighted by atomic mass is 9.99. The molecule has 2 aliphatic heterocycles. The molecule has 78 valence electrons. The molecule has 2 heterocycles. The van der Waals surface area contributed by atoms with Crippen LogP contribution >= 0.6 is 0 Å². The van der Waals surface area contributed by atoms with E-state index in [1.54, 1.807) is 0 Å². The fourth-order valence-corrected chi connectivity index (χ4v) is 2.20. The van der Waals surface area contributed by atoms with E-state index < -0.39 is 5.54 Å². The Hall–Kier alpha value is -1.03. The summed E-state index contributed by atoms with van der Waals surface area (Å²) in [7, 11) is 0. The van der Waals surface area contributed by atoms with Gasteiger partial charge in [0.15, 0.2) is 0 Å². The van der Waals surface area contributed by atoms with E-state index in [0.717, 1.165) is 19.5 Å². The zero-order valence-corrected chi connectivity index (χ0v) is 8.76. The Labute approximate surface area is 84.3 Å². The van der Waals surface area contributed by atoms with Crippen LogP contribution in [0.4, 0.5) is 0 Å². The molecule has 4 heteroatoms. The summed E-state index contributed by atoms with van der Waals surface area (Å²) in [5.41, 5.74) is -0.401. The Kier molecular flexibility index (Phi) is 2.03. The molecule has 0 radical (unpaired) electrons. The summed E-state index contributed by atoms with van der Waals surface area (Å²) in [5, 5.41) is 5.90. The highest BCUT2D eigenvalue weighted by atomic mass is 16.2. The van der Waals surface area contributed by atoms with Crippen LogP contribution in [0.3, 0.4) is 0 Å². The molecule has 0 aliphatic carbocycles. The van der Waals surface area contributed by atoms with Gasteiger partial charge >= 0.3 is 0 Å². The van der Waals surface area contributed by atoms with E-state index in [2.05, 4.69) is 36.0 Å². The zero-order valence-electron chi connectivity index (χ0n) is 8.76. The van der Waals surface area contributed by atoms with Crippen LogP contribution in [0.15, 0.2) is 12.4 Å². The van der Waals surface area contributed by atoms with Crippen molar-refractivity contribution in [3.05, 3.63) is 12.4 Å². The molecule has 0 aromatic rings. The molecule has 1 amide bonds. The molecule has 0 aromatic carbocycles. The number of hydrogen-bond donors (Lipinski definition) is 2. The van der Waals surface area contributed by atoms with E-state index in [0.29, 0.717) is 11.9 Å². The first kappa shape index (κ1) is 9.52. The van der Waals surface area contributed by atoms with Crippen LogP contribution in [0.25, 0.3) is 0 Å². The third-order valence-electron chi connectivity index (χ3n) is 3.12. The minimum Gasteiger partial charge on any atom is -0.357 e. The average molecular weight is 195 g/mol. The first-order valence-electron chi connectivity index (χ1n) is 5.06. The van der Waals surface area contributed by atoms with Crippen molar-refractivity contribution in [2.24, 2.45) is 0 Å². The molecule has 0 bridgehead atoms. The maximum Gasteiger partial charge on any atom is 0.252 e. The van der Waals surface area contributed by atoms with Gasteiger partial charge in [-0.05, 0) is 20.3 Å². The van der Waals surface area contributed by atoms with Gasteiger partial charge in [0.05, 0.1) is 5.82 Å². The standard InChI is InChI=1S/C10H17N3O/c1-7(2)13-5-4-10(6-13)9(14)11-8(3)12-10/h7,12H,3-6H2,1-2H3,(H,11,14). The quantitative estimate of drug-likeness (QED) is 0.620. The van der Waals surface area contributed by atoms with E-state index >= 15 is 0 Å². The third kappa shape index (κ3) is 1.30. The Morgan fingerprint density at radius 2 is 2.29 bits per heavy atom. The molecule has 0 aromatic heterocycles. The second-order valence-corrected chi connectivity index (χ2v) is 4.45. The zero-order chi connectivity index (χ0) is 10.3. The Morgan fingerprint density at radius 3 is 2.71 bits per heavy atom. The molecular formula is C10H17N3O. The fourth-order valence-electron chi connectivity index (χ4n) is 2.20. The van der Waals surface area contributed by atoms with Gasteiger partial charge in [0, 0.05) is 19.1 Å². The van der Waals surface area contributed by atoms with Crippen molar-refractivity contribution >= 4 is 5.91 Å². The summed E-state index contributed by atoms with van der Waals surface area (Å²) in [6, 6.07) is 0.498. The minimum absolute atomic E-state index is 0.0747. The molecule has 1 atom stereocenters. The molecule has 1 spiro atoms. The molecular weight excluding hydrogens is 178 g/mol. The fraction of sp³-hybridized carbons (Fsp3) is 0.700. The number of nitrogens with zero attached hydrogens (tertiary/aromatic N) is 1. The number of rotatable bonds is 1.